The summed E-state index contributed by atoms with van der Waals surface area (Å²) in [6.07, 6.45) is 1.72. The van der Waals surface area contributed by atoms with Crippen molar-refractivity contribution in [2.24, 2.45) is 9.98 Å². The van der Waals surface area contributed by atoms with E-state index in [4.69, 9.17) is 0 Å². The fourth-order valence-electron chi connectivity index (χ4n) is 0.257. The molecule has 0 bridgehead atoms. The minimum absolute atomic E-state index is 0.996. The summed E-state index contributed by atoms with van der Waals surface area (Å²) in [6.45, 7) is 1.93. The van der Waals surface area contributed by atoms with Gasteiger partial charge in [-0.25, -0.2) is 0 Å². The van der Waals surface area contributed by atoms with Gasteiger partial charge in [0.2, 0.25) is 7.28 Å². The Morgan fingerprint density at radius 2 is 2.12 bits per heavy atom. The number of hydrogen-bond donors (Lipinski definition) is 0. The molecule has 0 aliphatic carbocycles. The van der Waals surface area contributed by atoms with Gasteiger partial charge in [-0.3, -0.25) is 0 Å². The van der Waals surface area contributed by atoms with Gasteiger partial charge in [-0.05, 0) is 18.6 Å². The normalized spacial score (nSPS) is 12.6. The Balaban J connectivity index is 3.40. The first-order chi connectivity index (χ1) is 3.81. The molecule has 0 aromatic heterocycles. The van der Waals surface area contributed by atoms with Gasteiger partial charge in [-0.15, -0.1) is 0 Å². The Kier molecular flexibility index (Phi) is 4.22. The fourth-order valence-corrected chi connectivity index (χ4v) is 0.257. The van der Waals surface area contributed by atoms with Crippen LogP contribution in [0.3, 0.4) is 0 Å². The van der Waals surface area contributed by atoms with E-state index in [2.05, 4.69) is 9.98 Å². The first kappa shape index (κ1) is 7.40. The summed E-state index contributed by atoms with van der Waals surface area (Å²) in [7, 11) is 5.36. The lowest BCUT2D eigenvalue weighted by molar-refractivity contribution is 1.45. The summed E-state index contributed by atoms with van der Waals surface area (Å²) in [5, 5.41) is 0. The monoisotopic (exact) mass is 109 g/mol. The molecule has 1 radical (unpaired) electrons. The zero-order chi connectivity index (χ0) is 6.41. The van der Waals surface area contributed by atoms with Crippen molar-refractivity contribution in [3.05, 3.63) is 0 Å². The molecule has 0 aromatic carbocycles. The van der Waals surface area contributed by atoms with Crippen LogP contribution in [-0.2, 0) is 0 Å². The first-order valence-electron chi connectivity index (χ1n) is 2.50. The van der Waals surface area contributed by atoms with Crippen molar-refractivity contribution >= 4 is 19.0 Å². The van der Waals surface area contributed by atoms with Crippen molar-refractivity contribution in [3.63, 3.8) is 0 Å². The molecule has 0 rings (SSSR count). The smallest absolute Gasteiger partial charge is 0.224 e. The molecule has 0 amide bonds. The Hall–Kier alpha value is -0.595. The molecule has 3 heteroatoms. The SMILES string of the molecule is CN=C[B]C(C)=NC. The molecule has 0 N–H and O–H groups in total. The number of aliphatic imine (C=N–C) groups is 2. The Labute approximate surface area is 51.0 Å². The van der Waals surface area contributed by atoms with E-state index in [1.807, 2.05) is 14.2 Å². The average Bonchev–Trinajstić information content (AvgIpc) is 1.83. The third kappa shape index (κ3) is 3.59. The molecule has 0 fully saturated rings. The van der Waals surface area contributed by atoms with E-state index in [-0.39, 0.29) is 0 Å². The van der Waals surface area contributed by atoms with Gasteiger partial charge in [0.05, 0.1) is 0 Å². The lowest BCUT2D eigenvalue weighted by Gasteiger charge is -1.84. The second-order valence-electron chi connectivity index (χ2n) is 1.44. The van der Waals surface area contributed by atoms with Gasteiger partial charge in [0.1, 0.15) is 0 Å². The molecule has 0 spiro atoms. The van der Waals surface area contributed by atoms with Gasteiger partial charge >= 0.3 is 0 Å². The maximum absolute atomic E-state index is 3.90. The van der Waals surface area contributed by atoms with Crippen LogP contribution in [-0.4, -0.2) is 33.1 Å². The second kappa shape index (κ2) is 4.56. The number of hydrogen-bond acceptors (Lipinski definition) is 2. The van der Waals surface area contributed by atoms with Crippen LogP contribution in [0.4, 0.5) is 0 Å². The van der Waals surface area contributed by atoms with Crippen LogP contribution < -0.4 is 0 Å². The topological polar surface area (TPSA) is 24.7 Å². The highest BCUT2D eigenvalue weighted by Crippen LogP contribution is 1.67. The van der Waals surface area contributed by atoms with Crippen molar-refractivity contribution in [1.29, 1.82) is 0 Å². The summed E-state index contributed by atoms with van der Waals surface area (Å²) in [4.78, 5) is 7.66. The summed E-state index contributed by atoms with van der Waals surface area (Å²) >= 11 is 0. The average molecular weight is 109 g/mol. The summed E-state index contributed by atoms with van der Waals surface area (Å²) in [6, 6.07) is 0. The van der Waals surface area contributed by atoms with Crippen LogP contribution in [0.25, 0.3) is 0 Å². The lowest BCUT2D eigenvalue weighted by atomic mass is 9.75. The van der Waals surface area contributed by atoms with Crippen molar-refractivity contribution in [2.45, 2.75) is 6.92 Å². The van der Waals surface area contributed by atoms with Crippen LogP contribution in [0, 0.1) is 0 Å². The molecular weight excluding hydrogens is 98.9 g/mol. The van der Waals surface area contributed by atoms with E-state index in [1.165, 1.54) is 0 Å². The van der Waals surface area contributed by atoms with E-state index < -0.39 is 0 Å². The van der Waals surface area contributed by atoms with Crippen LogP contribution in [0.5, 0.6) is 0 Å². The van der Waals surface area contributed by atoms with Crippen molar-refractivity contribution in [1.82, 2.24) is 0 Å². The fraction of sp³-hybridized carbons (Fsp3) is 0.600. The molecule has 0 saturated carbocycles. The molecule has 0 aromatic rings. The standard InChI is InChI=1S/C5H10BN2/c1-5(8-3)6-4-7-2/h4H,1-3H3. The van der Waals surface area contributed by atoms with E-state index in [0.717, 1.165) is 5.61 Å². The van der Waals surface area contributed by atoms with Crippen LogP contribution in [0.1, 0.15) is 6.92 Å². The predicted molar refractivity (Wildman–Crippen MR) is 39.2 cm³/mol. The van der Waals surface area contributed by atoms with Gasteiger partial charge in [-0.1, -0.05) is 0 Å². The highest BCUT2D eigenvalue weighted by atomic mass is 14.7. The third-order valence-corrected chi connectivity index (χ3v) is 0.818. The predicted octanol–water partition coefficient (Wildman–Crippen LogP) is 0.397. The molecule has 43 valence electrons. The molecule has 0 aliphatic heterocycles. The van der Waals surface area contributed by atoms with Crippen molar-refractivity contribution in [3.8, 4) is 0 Å². The lowest BCUT2D eigenvalue weighted by Crippen LogP contribution is -2.05. The molecule has 0 atom stereocenters. The maximum atomic E-state index is 3.90. The van der Waals surface area contributed by atoms with E-state index >= 15 is 0 Å². The van der Waals surface area contributed by atoms with Gasteiger partial charge in [-0.2, -0.15) is 0 Å². The highest BCUT2D eigenvalue weighted by molar-refractivity contribution is 6.94. The number of nitrogens with zero attached hydrogens (tertiary/aromatic N) is 2. The minimum Gasteiger partial charge on any atom is -0.311 e. The molecule has 0 saturated heterocycles. The third-order valence-electron chi connectivity index (χ3n) is 0.818. The van der Waals surface area contributed by atoms with Gasteiger partial charge < -0.3 is 9.98 Å². The minimum atomic E-state index is 0.996. The summed E-state index contributed by atoms with van der Waals surface area (Å²) in [5.74, 6) is 0. The Bertz CT molecular complexity index is 107. The highest BCUT2D eigenvalue weighted by Gasteiger charge is 1.84. The molecular formula is C5H10BN2. The first-order valence-corrected chi connectivity index (χ1v) is 2.50. The Morgan fingerprint density at radius 1 is 1.50 bits per heavy atom. The largest absolute Gasteiger partial charge is 0.311 e. The molecule has 8 heavy (non-hydrogen) atoms. The Morgan fingerprint density at radius 3 is 2.50 bits per heavy atom. The van der Waals surface area contributed by atoms with Crippen LogP contribution in [0.15, 0.2) is 9.98 Å². The maximum Gasteiger partial charge on any atom is 0.224 e. The number of rotatable bonds is 2. The van der Waals surface area contributed by atoms with Crippen molar-refractivity contribution < 1.29 is 0 Å². The zero-order valence-electron chi connectivity index (χ0n) is 5.55. The van der Waals surface area contributed by atoms with E-state index in [9.17, 15) is 0 Å². The molecule has 0 aliphatic rings. The second-order valence-corrected chi connectivity index (χ2v) is 1.44. The molecule has 0 heterocycles. The zero-order valence-corrected chi connectivity index (χ0v) is 5.55. The molecule has 0 unspecified atom stereocenters. The van der Waals surface area contributed by atoms with Gasteiger partial charge in [0, 0.05) is 14.1 Å². The van der Waals surface area contributed by atoms with Crippen molar-refractivity contribution in [2.75, 3.05) is 14.1 Å². The van der Waals surface area contributed by atoms with Crippen LogP contribution in [0.2, 0.25) is 0 Å². The van der Waals surface area contributed by atoms with E-state index in [0.29, 0.717) is 0 Å². The van der Waals surface area contributed by atoms with Crippen LogP contribution >= 0.6 is 0 Å². The molecule has 2 nitrogen and oxygen atoms in total. The van der Waals surface area contributed by atoms with E-state index in [1.54, 1.807) is 20.2 Å². The summed E-state index contributed by atoms with van der Waals surface area (Å²) < 4.78 is 0. The van der Waals surface area contributed by atoms with Gasteiger partial charge in [0.25, 0.3) is 0 Å². The quantitative estimate of drug-likeness (QED) is 0.362. The van der Waals surface area contributed by atoms with Gasteiger partial charge in [0.15, 0.2) is 0 Å². The summed E-state index contributed by atoms with van der Waals surface area (Å²) in [5.41, 5.74) is 0.996.